The van der Waals surface area contributed by atoms with E-state index in [9.17, 15) is 4.79 Å². The van der Waals surface area contributed by atoms with E-state index in [1.165, 1.54) is 17.4 Å². The number of aryl methyl sites for hydroxylation is 2. The first-order chi connectivity index (χ1) is 13.1. The van der Waals surface area contributed by atoms with Gasteiger partial charge >= 0.3 is 0 Å². The van der Waals surface area contributed by atoms with Crippen molar-refractivity contribution in [2.75, 3.05) is 5.32 Å². The van der Waals surface area contributed by atoms with Gasteiger partial charge in [0.25, 0.3) is 0 Å². The van der Waals surface area contributed by atoms with E-state index in [2.05, 4.69) is 27.3 Å². The lowest BCUT2D eigenvalue weighted by Gasteiger charge is -2.00. The average molecular weight is 402 g/mol. The zero-order chi connectivity index (χ0) is 19.2. The molecule has 0 aliphatic heterocycles. The monoisotopic (exact) mass is 401 g/mol. The van der Waals surface area contributed by atoms with Gasteiger partial charge in [0.15, 0.2) is 5.13 Å². The number of halogens is 1. The van der Waals surface area contributed by atoms with Gasteiger partial charge in [0.1, 0.15) is 10.8 Å². The Bertz CT molecular complexity index is 948. The van der Waals surface area contributed by atoms with Crippen LogP contribution in [0.5, 0.6) is 0 Å². The van der Waals surface area contributed by atoms with Gasteiger partial charge < -0.3 is 0 Å². The smallest absolute Gasteiger partial charge is 0.250 e. The van der Waals surface area contributed by atoms with E-state index in [0.717, 1.165) is 42.0 Å². The van der Waals surface area contributed by atoms with Gasteiger partial charge in [-0.05, 0) is 31.6 Å². The number of thiazole rings is 1. The van der Waals surface area contributed by atoms with Crippen LogP contribution in [0.25, 0.3) is 17.5 Å². The number of nitrogens with zero attached hydrogens (tertiary/aromatic N) is 4. The Kier molecular flexibility index (Phi) is 6.36. The molecule has 0 aliphatic carbocycles. The van der Waals surface area contributed by atoms with E-state index < -0.39 is 0 Å². The number of carbonyl (C=O) groups is 1. The molecule has 0 aliphatic rings. The molecule has 140 valence electrons. The number of pyridine rings is 1. The molecule has 1 N–H and O–H groups in total. The number of amides is 1. The lowest BCUT2D eigenvalue weighted by atomic mass is 10.2. The molecular formula is C19H20ClN5OS. The van der Waals surface area contributed by atoms with Crippen LogP contribution >= 0.6 is 22.9 Å². The van der Waals surface area contributed by atoms with E-state index in [0.29, 0.717) is 10.3 Å². The average Bonchev–Trinajstić information content (AvgIpc) is 3.24. The van der Waals surface area contributed by atoms with E-state index in [1.807, 2.05) is 30.5 Å². The highest BCUT2D eigenvalue weighted by atomic mass is 35.5. The molecule has 6 nitrogen and oxygen atoms in total. The molecule has 0 unspecified atom stereocenters. The van der Waals surface area contributed by atoms with Crippen LogP contribution in [0.4, 0.5) is 5.13 Å². The standard InChI is InChI=1S/C19H20ClN5OS/c1-3-4-11-25-18(20)14(13(2)24-25)8-9-17(26)23-19-22-16(12-27-19)15-7-5-6-10-21-15/h5-10,12H,3-4,11H2,1-2H3,(H,22,23,26)/b9-8+. The third-order valence-electron chi connectivity index (χ3n) is 3.90. The van der Waals surface area contributed by atoms with Gasteiger partial charge in [-0.2, -0.15) is 5.10 Å². The summed E-state index contributed by atoms with van der Waals surface area (Å²) in [5.74, 6) is -0.270. The van der Waals surface area contributed by atoms with E-state index in [4.69, 9.17) is 11.6 Å². The molecule has 0 aromatic carbocycles. The van der Waals surface area contributed by atoms with Crippen molar-refractivity contribution in [3.05, 3.63) is 52.3 Å². The highest BCUT2D eigenvalue weighted by Crippen LogP contribution is 2.24. The molecule has 0 spiro atoms. The number of carbonyl (C=O) groups excluding carboxylic acids is 1. The summed E-state index contributed by atoms with van der Waals surface area (Å²) in [6.45, 7) is 4.77. The first-order valence-corrected chi connectivity index (χ1v) is 9.93. The van der Waals surface area contributed by atoms with Crippen molar-refractivity contribution in [2.24, 2.45) is 0 Å². The second kappa shape index (κ2) is 8.92. The van der Waals surface area contributed by atoms with Crippen molar-refractivity contribution in [1.82, 2.24) is 19.7 Å². The van der Waals surface area contributed by atoms with Gasteiger partial charge in [0.2, 0.25) is 5.91 Å². The number of hydrogen-bond donors (Lipinski definition) is 1. The van der Waals surface area contributed by atoms with Crippen molar-refractivity contribution >= 4 is 40.1 Å². The second-order valence-electron chi connectivity index (χ2n) is 5.94. The van der Waals surface area contributed by atoms with Gasteiger partial charge in [-0.1, -0.05) is 31.0 Å². The highest BCUT2D eigenvalue weighted by Gasteiger charge is 2.11. The minimum Gasteiger partial charge on any atom is -0.298 e. The number of anilines is 1. The van der Waals surface area contributed by atoms with E-state index >= 15 is 0 Å². The Morgan fingerprint density at radius 3 is 2.96 bits per heavy atom. The maximum atomic E-state index is 12.2. The normalized spacial score (nSPS) is 11.2. The minimum absolute atomic E-state index is 0.270. The zero-order valence-corrected chi connectivity index (χ0v) is 16.7. The minimum atomic E-state index is -0.270. The van der Waals surface area contributed by atoms with Crippen molar-refractivity contribution in [3.8, 4) is 11.4 Å². The van der Waals surface area contributed by atoms with Crippen LogP contribution in [-0.2, 0) is 11.3 Å². The number of aromatic nitrogens is 4. The van der Waals surface area contributed by atoms with Crippen LogP contribution in [0, 0.1) is 6.92 Å². The van der Waals surface area contributed by atoms with Crippen LogP contribution in [0.2, 0.25) is 5.15 Å². The van der Waals surface area contributed by atoms with E-state index in [1.54, 1.807) is 17.0 Å². The molecule has 1 amide bonds. The molecule has 3 aromatic heterocycles. The predicted octanol–water partition coefficient (Wildman–Crippen LogP) is 4.82. The molecule has 3 heterocycles. The van der Waals surface area contributed by atoms with Crippen molar-refractivity contribution < 1.29 is 4.79 Å². The fourth-order valence-corrected chi connectivity index (χ4v) is 3.51. The topological polar surface area (TPSA) is 72.7 Å². The van der Waals surface area contributed by atoms with E-state index in [-0.39, 0.29) is 5.91 Å². The van der Waals surface area contributed by atoms with Crippen LogP contribution in [0.3, 0.4) is 0 Å². The Morgan fingerprint density at radius 2 is 2.22 bits per heavy atom. The molecule has 27 heavy (non-hydrogen) atoms. The molecule has 0 fully saturated rings. The summed E-state index contributed by atoms with van der Waals surface area (Å²) in [4.78, 5) is 20.9. The van der Waals surface area contributed by atoms with Gasteiger partial charge in [0, 0.05) is 29.8 Å². The number of nitrogens with one attached hydrogen (secondary N) is 1. The lowest BCUT2D eigenvalue weighted by molar-refractivity contribution is -0.111. The molecule has 0 atom stereocenters. The van der Waals surface area contributed by atoms with Crippen molar-refractivity contribution in [2.45, 2.75) is 33.2 Å². The van der Waals surface area contributed by atoms with Gasteiger partial charge in [-0.25, -0.2) is 4.98 Å². The van der Waals surface area contributed by atoms with Crippen LogP contribution in [-0.4, -0.2) is 25.7 Å². The first-order valence-electron chi connectivity index (χ1n) is 8.67. The Hall–Kier alpha value is -2.51. The second-order valence-corrected chi connectivity index (χ2v) is 7.16. The fraction of sp³-hybridized carbons (Fsp3) is 0.263. The number of unbranched alkanes of at least 4 members (excludes halogenated alkanes) is 1. The van der Waals surface area contributed by atoms with Crippen LogP contribution in [0.15, 0.2) is 35.9 Å². The third kappa shape index (κ3) is 4.81. The summed E-state index contributed by atoms with van der Waals surface area (Å²) in [7, 11) is 0. The Morgan fingerprint density at radius 1 is 1.37 bits per heavy atom. The summed E-state index contributed by atoms with van der Waals surface area (Å²) < 4.78 is 1.78. The maximum absolute atomic E-state index is 12.2. The Balaban J connectivity index is 1.66. The summed E-state index contributed by atoms with van der Waals surface area (Å²) in [5, 5.41) is 10.1. The fourth-order valence-electron chi connectivity index (χ4n) is 2.48. The Labute approximate surface area is 166 Å². The first kappa shape index (κ1) is 19.3. The lowest BCUT2D eigenvalue weighted by Crippen LogP contribution is -2.07. The molecule has 0 saturated carbocycles. The largest absolute Gasteiger partial charge is 0.298 e. The van der Waals surface area contributed by atoms with Crippen LogP contribution < -0.4 is 5.32 Å². The molecule has 3 rings (SSSR count). The number of hydrogen-bond acceptors (Lipinski definition) is 5. The number of rotatable bonds is 7. The predicted molar refractivity (Wildman–Crippen MR) is 110 cm³/mol. The SMILES string of the molecule is CCCCn1nc(C)c(/C=C/C(=O)Nc2nc(-c3ccccn3)cs2)c1Cl. The van der Waals surface area contributed by atoms with Crippen molar-refractivity contribution in [1.29, 1.82) is 0 Å². The summed E-state index contributed by atoms with van der Waals surface area (Å²) in [6, 6.07) is 5.62. The molecule has 0 saturated heterocycles. The van der Waals surface area contributed by atoms with Crippen molar-refractivity contribution in [3.63, 3.8) is 0 Å². The molecular weight excluding hydrogens is 382 g/mol. The zero-order valence-electron chi connectivity index (χ0n) is 15.1. The highest BCUT2D eigenvalue weighted by molar-refractivity contribution is 7.14. The third-order valence-corrected chi connectivity index (χ3v) is 5.05. The molecule has 8 heteroatoms. The maximum Gasteiger partial charge on any atom is 0.250 e. The quantitative estimate of drug-likeness (QED) is 0.576. The molecule has 3 aromatic rings. The van der Waals surface area contributed by atoms with Gasteiger partial charge in [-0.3, -0.25) is 19.8 Å². The molecule has 0 radical (unpaired) electrons. The summed E-state index contributed by atoms with van der Waals surface area (Å²) in [5.41, 5.74) is 3.06. The molecule has 0 bridgehead atoms. The van der Waals surface area contributed by atoms with Crippen LogP contribution in [0.1, 0.15) is 31.0 Å². The summed E-state index contributed by atoms with van der Waals surface area (Å²) >= 11 is 7.73. The van der Waals surface area contributed by atoms with Gasteiger partial charge in [0.05, 0.1) is 11.4 Å². The van der Waals surface area contributed by atoms with Gasteiger partial charge in [-0.15, -0.1) is 11.3 Å². The summed E-state index contributed by atoms with van der Waals surface area (Å²) in [6.07, 6.45) is 6.92.